The fraction of sp³-hybridized carbons (Fsp3) is 0.0638. The zero-order valence-electron chi connectivity index (χ0n) is 28.5. The molecule has 0 aromatic heterocycles. The van der Waals surface area contributed by atoms with Crippen molar-refractivity contribution in [3.8, 4) is 11.5 Å². The fourth-order valence-electron chi connectivity index (χ4n) is 5.17. The molecule has 6 aromatic carbocycles. The van der Waals surface area contributed by atoms with Gasteiger partial charge in [-0.05, 0) is 70.8 Å². The largest absolute Gasteiger partial charge is 0.495 e. The maximum Gasteiger partial charge on any atom is 0.142 e. The van der Waals surface area contributed by atoms with Crippen molar-refractivity contribution in [1.29, 1.82) is 0 Å². The van der Waals surface area contributed by atoms with E-state index in [9.17, 15) is 0 Å². The van der Waals surface area contributed by atoms with Crippen molar-refractivity contribution < 1.29 is 10.9 Å². The molecule has 6 aromatic rings. The van der Waals surface area contributed by atoms with Crippen LogP contribution in [0.3, 0.4) is 0 Å². The van der Waals surface area contributed by atoms with E-state index >= 15 is 0 Å². The normalized spacial score (nSPS) is 10.9. The lowest BCUT2D eigenvalue weighted by Gasteiger charge is -2.27. The van der Waals surface area contributed by atoms with E-state index in [0.29, 0.717) is 5.69 Å². The molecule has 0 atom stereocenters. The number of anilines is 4. The van der Waals surface area contributed by atoms with Crippen LogP contribution < -0.4 is 20.1 Å². The topological polar surface area (TPSA) is 47.7 Å². The summed E-state index contributed by atoms with van der Waals surface area (Å²) >= 11 is 0. The van der Waals surface area contributed by atoms with Gasteiger partial charge in [0.25, 0.3) is 0 Å². The van der Waals surface area contributed by atoms with Gasteiger partial charge >= 0.3 is 0 Å². The van der Waals surface area contributed by atoms with Crippen LogP contribution in [0.25, 0.3) is 24.3 Å². The minimum absolute atomic E-state index is 0. The molecular weight excluding hydrogens is 625 g/mol. The minimum atomic E-state index is 0. The molecule has 2 N–H and O–H groups in total. The van der Waals surface area contributed by atoms with Crippen molar-refractivity contribution in [2.24, 2.45) is 0 Å². The van der Waals surface area contributed by atoms with E-state index in [2.05, 4.69) is 132 Å². The van der Waals surface area contributed by atoms with Crippen LogP contribution in [0.1, 0.15) is 31.1 Å². The zero-order valence-corrected chi connectivity index (χ0v) is 28.5. The van der Waals surface area contributed by atoms with Gasteiger partial charge in [-0.25, -0.2) is 0 Å². The SMILES string of the molecule is C.COc1ccccc1N.COc1ccccc1N(c1ccc(/C=C/C=C/c2ccccc2)cc1)c1ccc(/C=C/C=C/c2ccccc2)cc1.[HH]. The van der Waals surface area contributed by atoms with Gasteiger partial charge in [-0.15, -0.1) is 0 Å². The Morgan fingerprint density at radius 3 is 1.18 bits per heavy atom. The van der Waals surface area contributed by atoms with Crippen LogP contribution in [0, 0.1) is 0 Å². The molecule has 0 bridgehead atoms. The van der Waals surface area contributed by atoms with Crippen molar-refractivity contribution in [3.63, 3.8) is 0 Å². The first kappa shape index (κ1) is 37.3. The van der Waals surface area contributed by atoms with Gasteiger partial charge in [0.15, 0.2) is 0 Å². The standard InChI is InChI=1S/C39H33NO.C7H9NO.CH4.H2/c1-41-39-23-13-12-22-38(39)40(36-28-24-34(25-29-36)20-10-8-18-32-14-4-2-5-15-32)37-30-26-35(27-31-37)21-11-9-19-33-16-6-3-7-17-33;1-9-7-5-3-2-4-6(7)8;;/h2-31H,1H3;2-5H,8H2,1H3;1H4;1H/b18-8+,19-9+,20-10+,21-11+;;;. The molecule has 0 unspecified atom stereocenters. The van der Waals surface area contributed by atoms with Crippen molar-refractivity contribution >= 4 is 47.1 Å². The van der Waals surface area contributed by atoms with Gasteiger partial charge in [-0.1, -0.05) is 165 Å². The summed E-state index contributed by atoms with van der Waals surface area (Å²) in [6.45, 7) is 0. The molecule has 4 heteroatoms. The maximum absolute atomic E-state index is 5.74. The minimum Gasteiger partial charge on any atom is -0.495 e. The molecule has 0 heterocycles. The predicted octanol–water partition coefficient (Wildman–Crippen LogP) is 12.8. The second-order valence-corrected chi connectivity index (χ2v) is 11.2. The molecule has 0 aliphatic rings. The molecule has 0 aliphatic heterocycles. The number of benzene rings is 6. The van der Waals surface area contributed by atoms with Crippen molar-refractivity contribution in [1.82, 2.24) is 0 Å². The number of hydrogen-bond donors (Lipinski definition) is 1. The van der Waals surface area contributed by atoms with Gasteiger partial charge in [0.2, 0.25) is 0 Å². The summed E-state index contributed by atoms with van der Waals surface area (Å²) in [4.78, 5) is 2.23. The molecule has 0 spiro atoms. The smallest absolute Gasteiger partial charge is 0.142 e. The summed E-state index contributed by atoms with van der Waals surface area (Å²) in [5, 5.41) is 0. The van der Waals surface area contributed by atoms with E-state index in [-0.39, 0.29) is 8.85 Å². The van der Waals surface area contributed by atoms with Crippen LogP contribution in [0.4, 0.5) is 22.7 Å². The Hall–Kier alpha value is -6.52. The first-order valence-electron chi connectivity index (χ1n) is 16.5. The van der Waals surface area contributed by atoms with Gasteiger partial charge in [-0.2, -0.15) is 0 Å². The third-order valence-electron chi connectivity index (χ3n) is 7.74. The Kier molecular flexibility index (Phi) is 14.7. The highest BCUT2D eigenvalue weighted by Crippen LogP contribution is 2.40. The van der Waals surface area contributed by atoms with Gasteiger partial charge in [0, 0.05) is 12.8 Å². The van der Waals surface area contributed by atoms with Gasteiger partial charge in [0.1, 0.15) is 11.5 Å². The van der Waals surface area contributed by atoms with Crippen molar-refractivity contribution in [2.45, 2.75) is 7.43 Å². The average Bonchev–Trinajstić information content (AvgIpc) is 3.18. The Morgan fingerprint density at radius 2 is 0.784 bits per heavy atom. The Balaban J connectivity index is 0.000000581. The van der Waals surface area contributed by atoms with E-state index < -0.39 is 0 Å². The summed E-state index contributed by atoms with van der Waals surface area (Å²) in [7, 11) is 3.32. The predicted molar refractivity (Wildman–Crippen MR) is 223 cm³/mol. The first-order valence-corrected chi connectivity index (χ1v) is 16.5. The summed E-state index contributed by atoms with van der Waals surface area (Å²) in [5.41, 5.74) is 13.9. The number of allylic oxidation sites excluding steroid dienone is 4. The lowest BCUT2D eigenvalue weighted by atomic mass is 10.1. The number of methoxy groups -OCH3 is 2. The molecule has 0 amide bonds. The number of hydrogen-bond acceptors (Lipinski definition) is 4. The highest BCUT2D eigenvalue weighted by atomic mass is 16.5. The number of ether oxygens (including phenoxy) is 2. The van der Waals surface area contributed by atoms with Crippen LogP contribution in [-0.4, -0.2) is 14.2 Å². The van der Waals surface area contributed by atoms with Crippen LogP contribution in [0.2, 0.25) is 0 Å². The quantitative estimate of drug-likeness (QED) is 0.110. The number of para-hydroxylation sites is 4. The van der Waals surface area contributed by atoms with Gasteiger partial charge < -0.3 is 20.1 Å². The molecule has 0 aliphatic carbocycles. The van der Waals surface area contributed by atoms with E-state index in [1.807, 2.05) is 72.8 Å². The van der Waals surface area contributed by atoms with Crippen molar-refractivity contribution in [2.75, 3.05) is 24.9 Å². The molecule has 258 valence electrons. The number of nitrogens with zero attached hydrogens (tertiary/aromatic N) is 1. The molecule has 4 nitrogen and oxygen atoms in total. The van der Waals surface area contributed by atoms with E-state index in [4.69, 9.17) is 15.2 Å². The molecule has 0 radical (unpaired) electrons. The van der Waals surface area contributed by atoms with Crippen LogP contribution in [-0.2, 0) is 0 Å². The Labute approximate surface area is 305 Å². The highest BCUT2D eigenvalue weighted by molar-refractivity contribution is 5.81. The molecule has 0 fully saturated rings. The number of rotatable bonds is 11. The Bertz CT molecular complexity index is 1920. The third-order valence-corrected chi connectivity index (χ3v) is 7.74. The van der Waals surface area contributed by atoms with E-state index in [0.717, 1.165) is 39.7 Å². The second-order valence-electron chi connectivity index (χ2n) is 11.2. The van der Waals surface area contributed by atoms with Crippen molar-refractivity contribution in [3.05, 3.63) is 204 Å². The highest BCUT2D eigenvalue weighted by Gasteiger charge is 2.16. The lowest BCUT2D eigenvalue weighted by molar-refractivity contribution is 0.416. The summed E-state index contributed by atoms with van der Waals surface area (Å²) in [6.07, 6.45) is 16.7. The lowest BCUT2D eigenvalue weighted by Crippen LogP contribution is -2.11. The van der Waals surface area contributed by atoms with Gasteiger partial charge in [0.05, 0.1) is 25.6 Å². The van der Waals surface area contributed by atoms with Gasteiger partial charge in [-0.3, -0.25) is 0 Å². The third kappa shape index (κ3) is 11.3. The van der Waals surface area contributed by atoms with E-state index in [1.165, 1.54) is 11.1 Å². The number of nitrogen functional groups attached to an aromatic ring is 1. The first-order chi connectivity index (χ1) is 24.6. The monoisotopic (exact) mass is 672 g/mol. The average molecular weight is 673 g/mol. The molecule has 51 heavy (non-hydrogen) atoms. The molecule has 0 saturated carbocycles. The number of nitrogens with two attached hydrogens (primary N) is 1. The second kappa shape index (κ2) is 20.1. The fourth-order valence-corrected chi connectivity index (χ4v) is 5.17. The summed E-state index contributed by atoms with van der Waals surface area (Å²) in [6, 6.07) is 53.3. The molecule has 0 saturated heterocycles. The Morgan fingerprint density at radius 1 is 0.431 bits per heavy atom. The summed E-state index contributed by atoms with van der Waals surface area (Å²) < 4.78 is 10.7. The maximum atomic E-state index is 5.74. The van der Waals surface area contributed by atoms with Crippen LogP contribution in [0.15, 0.2) is 182 Å². The van der Waals surface area contributed by atoms with Crippen LogP contribution >= 0.6 is 0 Å². The van der Waals surface area contributed by atoms with Crippen LogP contribution in [0.5, 0.6) is 11.5 Å². The molecular formula is C47H48N2O2. The molecule has 6 rings (SSSR count). The van der Waals surface area contributed by atoms with E-state index in [1.54, 1.807) is 20.3 Å². The summed E-state index contributed by atoms with van der Waals surface area (Å²) in [5.74, 6) is 1.55. The zero-order chi connectivity index (χ0) is 34.8.